The summed E-state index contributed by atoms with van der Waals surface area (Å²) in [6.07, 6.45) is 3.88. The predicted octanol–water partition coefficient (Wildman–Crippen LogP) is 4.16. The van der Waals surface area contributed by atoms with Gasteiger partial charge in [0.25, 0.3) is 0 Å². The molecular weight excluding hydrogens is 270 g/mol. The Morgan fingerprint density at radius 1 is 1.05 bits per heavy atom. The second kappa shape index (κ2) is 5.27. The van der Waals surface area contributed by atoms with Gasteiger partial charge in [0.2, 0.25) is 0 Å². The Balaban J connectivity index is 1.84. The number of carboxylic acids is 1. The van der Waals surface area contributed by atoms with E-state index in [0.717, 1.165) is 20.8 Å². The lowest BCUT2D eigenvalue weighted by atomic mass is 10.1. The van der Waals surface area contributed by atoms with Gasteiger partial charge in [-0.25, -0.2) is 9.78 Å². The molecule has 98 valence electrons. The van der Waals surface area contributed by atoms with E-state index in [1.54, 1.807) is 35.6 Å². The van der Waals surface area contributed by atoms with Crippen molar-refractivity contribution in [3.8, 4) is 0 Å². The van der Waals surface area contributed by atoms with Crippen molar-refractivity contribution in [1.29, 1.82) is 0 Å². The van der Waals surface area contributed by atoms with Crippen LogP contribution in [0.25, 0.3) is 22.4 Å². The number of hydrogen-bond acceptors (Lipinski definition) is 3. The lowest BCUT2D eigenvalue weighted by Crippen LogP contribution is -1.94. The van der Waals surface area contributed by atoms with Crippen LogP contribution in [0.5, 0.6) is 0 Å². The molecule has 0 aliphatic heterocycles. The van der Waals surface area contributed by atoms with Gasteiger partial charge in [0.15, 0.2) is 0 Å². The first-order chi connectivity index (χ1) is 9.72. The van der Waals surface area contributed by atoms with E-state index in [1.807, 2.05) is 36.4 Å². The standard InChI is InChI=1S/C16H11NO2S/c18-16(19)12-8-5-11(6-9-12)7-10-15-17-13-3-1-2-4-14(13)20-15/h1-10H,(H,18,19)/b10-7+. The van der Waals surface area contributed by atoms with Crippen molar-refractivity contribution < 1.29 is 9.90 Å². The van der Waals surface area contributed by atoms with Gasteiger partial charge in [-0.1, -0.05) is 30.3 Å². The zero-order valence-electron chi connectivity index (χ0n) is 10.5. The molecule has 0 spiro atoms. The van der Waals surface area contributed by atoms with Gasteiger partial charge in [-0.3, -0.25) is 0 Å². The summed E-state index contributed by atoms with van der Waals surface area (Å²) in [6.45, 7) is 0. The number of carbonyl (C=O) groups is 1. The number of benzene rings is 2. The Morgan fingerprint density at radius 2 is 1.80 bits per heavy atom. The largest absolute Gasteiger partial charge is 0.478 e. The number of rotatable bonds is 3. The number of para-hydroxylation sites is 1. The molecular formula is C16H11NO2S. The van der Waals surface area contributed by atoms with Crippen LogP contribution in [0.15, 0.2) is 48.5 Å². The van der Waals surface area contributed by atoms with Crippen LogP contribution < -0.4 is 0 Å². The van der Waals surface area contributed by atoms with Gasteiger partial charge in [0.05, 0.1) is 15.8 Å². The summed E-state index contributed by atoms with van der Waals surface area (Å²) in [5, 5.41) is 9.78. The Hall–Kier alpha value is -2.46. The third kappa shape index (κ3) is 2.60. The van der Waals surface area contributed by atoms with Crippen LogP contribution >= 0.6 is 11.3 Å². The molecule has 1 aromatic heterocycles. The Morgan fingerprint density at radius 3 is 2.50 bits per heavy atom. The van der Waals surface area contributed by atoms with Crippen molar-refractivity contribution in [3.63, 3.8) is 0 Å². The molecule has 0 radical (unpaired) electrons. The molecule has 0 saturated heterocycles. The van der Waals surface area contributed by atoms with E-state index in [0.29, 0.717) is 5.56 Å². The average molecular weight is 281 g/mol. The van der Waals surface area contributed by atoms with Crippen LogP contribution in [0, 0.1) is 0 Å². The summed E-state index contributed by atoms with van der Waals surface area (Å²) in [5.74, 6) is -0.910. The fourth-order valence-corrected chi connectivity index (χ4v) is 2.74. The molecule has 0 bridgehead atoms. The second-order valence-corrected chi connectivity index (χ2v) is 5.34. The normalized spacial score (nSPS) is 11.2. The molecule has 0 atom stereocenters. The number of fused-ring (bicyclic) bond motifs is 1. The number of aromatic nitrogens is 1. The first kappa shape index (κ1) is 12.6. The SMILES string of the molecule is O=C(O)c1ccc(/C=C/c2nc3ccccc3s2)cc1. The monoisotopic (exact) mass is 281 g/mol. The van der Waals surface area contributed by atoms with Crippen molar-refractivity contribution in [1.82, 2.24) is 4.98 Å². The summed E-state index contributed by atoms with van der Waals surface area (Å²) >= 11 is 1.63. The zero-order valence-corrected chi connectivity index (χ0v) is 11.3. The highest BCUT2D eigenvalue weighted by molar-refractivity contribution is 7.19. The molecule has 0 unspecified atom stereocenters. The summed E-state index contributed by atoms with van der Waals surface area (Å²) in [7, 11) is 0. The summed E-state index contributed by atoms with van der Waals surface area (Å²) in [4.78, 5) is 15.3. The highest BCUT2D eigenvalue weighted by Crippen LogP contribution is 2.23. The van der Waals surface area contributed by atoms with E-state index in [2.05, 4.69) is 4.98 Å². The molecule has 0 aliphatic rings. The molecule has 3 nitrogen and oxygen atoms in total. The lowest BCUT2D eigenvalue weighted by molar-refractivity contribution is 0.0697. The van der Waals surface area contributed by atoms with Gasteiger partial charge in [-0.15, -0.1) is 11.3 Å². The van der Waals surface area contributed by atoms with Crippen LogP contribution in [0.2, 0.25) is 0 Å². The number of aromatic carboxylic acids is 1. The van der Waals surface area contributed by atoms with E-state index in [4.69, 9.17) is 5.11 Å². The van der Waals surface area contributed by atoms with E-state index in [1.165, 1.54) is 0 Å². The Kier molecular flexibility index (Phi) is 3.31. The molecule has 4 heteroatoms. The maximum Gasteiger partial charge on any atom is 0.335 e. The molecule has 2 aromatic carbocycles. The highest BCUT2D eigenvalue weighted by Gasteiger charge is 2.01. The topological polar surface area (TPSA) is 50.2 Å². The zero-order chi connectivity index (χ0) is 13.9. The van der Waals surface area contributed by atoms with Crippen molar-refractivity contribution in [2.24, 2.45) is 0 Å². The van der Waals surface area contributed by atoms with Gasteiger partial charge < -0.3 is 5.11 Å². The van der Waals surface area contributed by atoms with Gasteiger partial charge in [-0.05, 0) is 35.9 Å². The fourth-order valence-electron chi connectivity index (χ4n) is 1.87. The fraction of sp³-hybridized carbons (Fsp3) is 0. The van der Waals surface area contributed by atoms with Gasteiger partial charge in [0.1, 0.15) is 5.01 Å². The Labute approximate surface area is 119 Å². The molecule has 0 fully saturated rings. The highest BCUT2D eigenvalue weighted by atomic mass is 32.1. The van der Waals surface area contributed by atoms with E-state index in [9.17, 15) is 4.79 Å². The first-order valence-electron chi connectivity index (χ1n) is 6.09. The quantitative estimate of drug-likeness (QED) is 0.784. The lowest BCUT2D eigenvalue weighted by Gasteiger charge is -1.95. The third-order valence-corrected chi connectivity index (χ3v) is 3.89. The summed E-state index contributed by atoms with van der Waals surface area (Å²) in [6, 6.07) is 14.8. The molecule has 20 heavy (non-hydrogen) atoms. The smallest absolute Gasteiger partial charge is 0.335 e. The number of thiazole rings is 1. The van der Waals surface area contributed by atoms with Crippen LogP contribution in [0.4, 0.5) is 0 Å². The first-order valence-corrected chi connectivity index (χ1v) is 6.91. The van der Waals surface area contributed by atoms with E-state index >= 15 is 0 Å². The van der Waals surface area contributed by atoms with Crippen LogP contribution in [0.3, 0.4) is 0 Å². The molecule has 1 N–H and O–H groups in total. The Bertz CT molecular complexity index is 755. The van der Waals surface area contributed by atoms with Crippen LogP contribution in [0.1, 0.15) is 20.9 Å². The summed E-state index contributed by atoms with van der Waals surface area (Å²) in [5.41, 5.74) is 2.25. The molecule has 0 aliphatic carbocycles. The molecule has 0 amide bonds. The minimum Gasteiger partial charge on any atom is -0.478 e. The number of hydrogen-bond donors (Lipinski definition) is 1. The maximum absolute atomic E-state index is 10.8. The van der Waals surface area contributed by atoms with Crippen molar-refractivity contribution >= 4 is 39.7 Å². The van der Waals surface area contributed by atoms with Gasteiger partial charge in [0, 0.05) is 0 Å². The average Bonchev–Trinajstić information content (AvgIpc) is 2.88. The molecule has 1 heterocycles. The second-order valence-electron chi connectivity index (χ2n) is 4.28. The van der Waals surface area contributed by atoms with Crippen LogP contribution in [-0.4, -0.2) is 16.1 Å². The minimum atomic E-state index is -0.910. The predicted molar refractivity (Wildman–Crippen MR) is 81.9 cm³/mol. The van der Waals surface area contributed by atoms with Crippen molar-refractivity contribution in [2.75, 3.05) is 0 Å². The number of nitrogens with zero attached hydrogens (tertiary/aromatic N) is 1. The summed E-state index contributed by atoms with van der Waals surface area (Å²) < 4.78 is 1.16. The third-order valence-electron chi connectivity index (χ3n) is 2.89. The molecule has 0 saturated carbocycles. The van der Waals surface area contributed by atoms with Crippen molar-refractivity contribution in [3.05, 3.63) is 64.7 Å². The minimum absolute atomic E-state index is 0.294. The van der Waals surface area contributed by atoms with Gasteiger partial charge in [-0.2, -0.15) is 0 Å². The number of carboxylic acid groups (broad SMARTS) is 1. The molecule has 3 aromatic rings. The van der Waals surface area contributed by atoms with Gasteiger partial charge >= 0.3 is 5.97 Å². The van der Waals surface area contributed by atoms with E-state index < -0.39 is 5.97 Å². The van der Waals surface area contributed by atoms with Crippen LogP contribution in [-0.2, 0) is 0 Å². The maximum atomic E-state index is 10.8. The van der Waals surface area contributed by atoms with Crippen molar-refractivity contribution in [2.45, 2.75) is 0 Å². The molecule has 3 rings (SSSR count). The van der Waals surface area contributed by atoms with E-state index in [-0.39, 0.29) is 0 Å².